The molecule has 3 aromatic carbocycles. The van der Waals surface area contributed by atoms with Gasteiger partial charge in [-0.15, -0.1) is 0 Å². The van der Waals surface area contributed by atoms with Crippen LogP contribution in [-0.4, -0.2) is 30.0 Å². The Kier molecular flexibility index (Phi) is 8.86. The van der Waals surface area contributed by atoms with Crippen LogP contribution >= 0.6 is 23.5 Å². The third kappa shape index (κ3) is 6.01. The second-order valence-corrected chi connectivity index (χ2v) is 9.83. The van der Waals surface area contributed by atoms with Crippen LogP contribution in [0.2, 0.25) is 5.02 Å². The first-order chi connectivity index (χ1) is 17.5. The Balaban J connectivity index is 0.000000967. The molecule has 5 rings (SSSR count). The van der Waals surface area contributed by atoms with E-state index in [-0.39, 0.29) is 5.91 Å². The number of nitrogens with one attached hydrogen (secondary N) is 1. The largest absolute Gasteiger partial charge is 0.367 e. The van der Waals surface area contributed by atoms with Gasteiger partial charge in [0.15, 0.2) is 0 Å². The van der Waals surface area contributed by atoms with Gasteiger partial charge in [-0.25, -0.2) is 0 Å². The molecule has 0 saturated carbocycles. The molecule has 0 bridgehead atoms. The molecule has 1 aliphatic heterocycles. The fourth-order valence-electron chi connectivity index (χ4n) is 3.91. The predicted molar refractivity (Wildman–Crippen MR) is 153 cm³/mol. The first-order valence-electron chi connectivity index (χ1n) is 12.1. The third-order valence-electron chi connectivity index (χ3n) is 5.64. The fourth-order valence-corrected chi connectivity index (χ4v) is 4.95. The fraction of sp³-hybridized carbons (Fsp3) is 0.241. The number of aromatic nitrogens is 1. The highest BCUT2D eigenvalue weighted by molar-refractivity contribution is 8.00. The molecule has 36 heavy (non-hydrogen) atoms. The summed E-state index contributed by atoms with van der Waals surface area (Å²) in [5.74, 6) is 0.364. The predicted octanol–water partition coefficient (Wildman–Crippen LogP) is 7.97. The van der Waals surface area contributed by atoms with E-state index >= 15 is 0 Å². The van der Waals surface area contributed by atoms with E-state index in [1.807, 2.05) is 61.7 Å². The van der Waals surface area contributed by atoms with Crippen LogP contribution in [0.3, 0.4) is 0 Å². The van der Waals surface area contributed by atoms with Crippen molar-refractivity contribution in [2.75, 3.05) is 28.7 Å². The van der Waals surface area contributed by atoms with E-state index in [1.165, 1.54) is 6.42 Å². The zero-order chi connectivity index (χ0) is 25.5. The Labute approximate surface area is 222 Å². The minimum absolute atomic E-state index is 0.248. The van der Waals surface area contributed by atoms with Crippen LogP contribution in [0, 0.1) is 6.92 Å². The Morgan fingerprint density at radius 3 is 2.67 bits per heavy atom. The molecule has 2 heterocycles. The summed E-state index contributed by atoms with van der Waals surface area (Å²) < 4.78 is 7.50. The summed E-state index contributed by atoms with van der Waals surface area (Å²) in [7, 11) is 0. The van der Waals surface area contributed by atoms with Crippen molar-refractivity contribution in [2.24, 2.45) is 0 Å². The lowest BCUT2D eigenvalue weighted by Crippen LogP contribution is -2.26. The first kappa shape index (κ1) is 26.0. The average Bonchev–Trinajstić information content (AvgIpc) is 2.90. The number of rotatable bonds is 4. The number of ether oxygens (including phenoxy) is 1. The van der Waals surface area contributed by atoms with Crippen LogP contribution in [0.5, 0.6) is 0 Å². The summed E-state index contributed by atoms with van der Waals surface area (Å²) >= 11 is 8.08. The van der Waals surface area contributed by atoms with Gasteiger partial charge >= 0.3 is 0 Å². The number of pyridine rings is 1. The van der Waals surface area contributed by atoms with Crippen molar-refractivity contribution in [2.45, 2.75) is 27.2 Å². The number of benzene rings is 3. The molecule has 1 amide bonds. The van der Waals surface area contributed by atoms with E-state index in [2.05, 4.69) is 40.6 Å². The van der Waals surface area contributed by atoms with E-state index in [9.17, 15) is 4.79 Å². The van der Waals surface area contributed by atoms with E-state index < -0.39 is 0 Å². The summed E-state index contributed by atoms with van der Waals surface area (Å²) in [6, 6.07) is 21.5. The molecule has 1 saturated heterocycles. The Morgan fingerprint density at radius 1 is 1.11 bits per heavy atom. The van der Waals surface area contributed by atoms with Gasteiger partial charge in [0, 0.05) is 28.5 Å². The van der Waals surface area contributed by atoms with Gasteiger partial charge in [0.05, 0.1) is 29.4 Å². The minimum Gasteiger partial charge on any atom is -0.367 e. The van der Waals surface area contributed by atoms with Crippen molar-refractivity contribution in [3.63, 3.8) is 0 Å². The van der Waals surface area contributed by atoms with Crippen LogP contribution in [0.4, 0.5) is 11.4 Å². The summed E-state index contributed by atoms with van der Waals surface area (Å²) in [4.78, 5) is 17.7. The Morgan fingerprint density at radius 2 is 1.92 bits per heavy atom. The van der Waals surface area contributed by atoms with E-state index in [4.69, 9.17) is 16.3 Å². The smallest absolute Gasteiger partial charge is 0.257 e. The van der Waals surface area contributed by atoms with Crippen molar-refractivity contribution in [3.05, 3.63) is 89.1 Å². The molecule has 7 heteroatoms. The molecule has 0 aliphatic carbocycles. The van der Waals surface area contributed by atoms with Gasteiger partial charge in [-0.3, -0.25) is 9.78 Å². The maximum atomic E-state index is 13.0. The molecular weight excluding hydrogens is 490 g/mol. The quantitative estimate of drug-likeness (QED) is 0.277. The number of fused-ring (bicyclic) bond motifs is 1. The lowest BCUT2D eigenvalue weighted by molar-refractivity contribution is 0.102. The van der Waals surface area contributed by atoms with Gasteiger partial charge in [-0.2, -0.15) is 0 Å². The summed E-state index contributed by atoms with van der Waals surface area (Å²) in [6.45, 7) is 7.75. The second kappa shape index (κ2) is 12.3. The van der Waals surface area contributed by atoms with Crippen molar-refractivity contribution < 1.29 is 9.53 Å². The zero-order valence-corrected chi connectivity index (χ0v) is 22.3. The molecule has 1 N–H and O–H groups in total. The van der Waals surface area contributed by atoms with Crippen LogP contribution < -0.4 is 9.62 Å². The molecule has 0 unspecified atom stereocenters. The monoisotopic (exact) mass is 519 g/mol. The highest BCUT2D eigenvalue weighted by Gasteiger charge is 2.17. The molecule has 0 radical (unpaired) electrons. The van der Waals surface area contributed by atoms with Crippen molar-refractivity contribution >= 4 is 51.6 Å². The SMILES string of the molecule is CCC.Cc1ccc(NC(=O)c2ccc(N3CCOCS3)cc2Cl)cc1-c1nccc2ccccc12. The normalized spacial score (nSPS) is 13.2. The van der Waals surface area contributed by atoms with Crippen LogP contribution in [0.1, 0.15) is 36.2 Å². The number of aryl methyl sites for hydroxylation is 1. The van der Waals surface area contributed by atoms with Crippen LogP contribution in [0.15, 0.2) is 72.9 Å². The van der Waals surface area contributed by atoms with Gasteiger partial charge in [0.2, 0.25) is 0 Å². The van der Waals surface area contributed by atoms with Crippen LogP contribution in [-0.2, 0) is 4.74 Å². The maximum absolute atomic E-state index is 13.0. The number of carbonyl (C=O) groups excluding carboxylic acids is 1. The zero-order valence-electron chi connectivity index (χ0n) is 20.8. The summed E-state index contributed by atoms with van der Waals surface area (Å²) in [6.07, 6.45) is 3.07. The Hall–Kier alpha value is -3.06. The van der Waals surface area contributed by atoms with Gasteiger partial charge < -0.3 is 14.4 Å². The average molecular weight is 520 g/mol. The molecule has 0 spiro atoms. The second-order valence-electron chi connectivity index (χ2n) is 8.49. The molecule has 4 aromatic rings. The van der Waals surface area contributed by atoms with Gasteiger partial charge in [0.1, 0.15) is 5.94 Å². The molecule has 1 aromatic heterocycles. The van der Waals surface area contributed by atoms with Crippen molar-refractivity contribution in [1.29, 1.82) is 0 Å². The standard InChI is InChI=1S/C26H22ClN3O2S.C3H8/c1-17-6-7-19(14-23(17)25-21-5-3-2-4-18(21)10-11-28-25)29-26(31)22-9-8-20(15-24(22)27)30-12-13-32-16-33-30;1-3-2/h2-11,14-15H,12-13,16H2,1H3,(H,29,31);3H2,1-2H3. The number of anilines is 2. The van der Waals surface area contributed by atoms with E-state index in [0.29, 0.717) is 28.8 Å². The lowest BCUT2D eigenvalue weighted by Gasteiger charge is -2.27. The van der Waals surface area contributed by atoms with E-state index in [0.717, 1.165) is 39.8 Å². The van der Waals surface area contributed by atoms with Gasteiger partial charge in [0.25, 0.3) is 5.91 Å². The van der Waals surface area contributed by atoms with Crippen LogP contribution in [0.25, 0.3) is 22.0 Å². The van der Waals surface area contributed by atoms with Crippen molar-refractivity contribution in [3.8, 4) is 11.3 Å². The van der Waals surface area contributed by atoms with E-state index in [1.54, 1.807) is 18.0 Å². The number of nitrogens with zero attached hydrogens (tertiary/aromatic N) is 2. The number of carbonyl (C=O) groups is 1. The highest BCUT2D eigenvalue weighted by Crippen LogP contribution is 2.32. The molecule has 0 atom stereocenters. The van der Waals surface area contributed by atoms with Crippen molar-refractivity contribution in [1.82, 2.24) is 4.98 Å². The number of hydrogen-bond acceptors (Lipinski definition) is 5. The molecule has 1 aliphatic rings. The highest BCUT2D eigenvalue weighted by atomic mass is 35.5. The van der Waals surface area contributed by atoms with Gasteiger partial charge in [-0.05, 0) is 66.2 Å². The lowest BCUT2D eigenvalue weighted by atomic mass is 9.99. The number of halogens is 1. The Bertz CT molecular complexity index is 1350. The first-order valence-corrected chi connectivity index (χ1v) is 13.4. The molecule has 1 fully saturated rings. The summed E-state index contributed by atoms with van der Waals surface area (Å²) in [5, 5.41) is 5.61. The van der Waals surface area contributed by atoms with Gasteiger partial charge in [-0.1, -0.05) is 62.2 Å². The topological polar surface area (TPSA) is 54.5 Å². The number of amides is 1. The third-order valence-corrected chi connectivity index (χ3v) is 6.93. The molecule has 186 valence electrons. The number of hydrogen-bond donors (Lipinski definition) is 1. The molecule has 5 nitrogen and oxygen atoms in total. The summed E-state index contributed by atoms with van der Waals surface area (Å²) in [5.41, 5.74) is 5.05. The maximum Gasteiger partial charge on any atom is 0.257 e. The molecular formula is C29H30ClN3O2S. The minimum atomic E-state index is -0.248.